The second kappa shape index (κ2) is 8.67. The molecule has 3 rings (SSSR count). The number of carbonyl (C=O) groups is 2. The predicted octanol–water partition coefficient (Wildman–Crippen LogP) is 3.89. The van der Waals surface area contributed by atoms with Crippen LogP contribution >= 0.6 is 0 Å². The van der Waals surface area contributed by atoms with Crippen molar-refractivity contribution >= 4 is 11.9 Å². The fourth-order valence-corrected chi connectivity index (χ4v) is 2.60. The molecule has 0 aliphatic heterocycles. The Hall–Kier alpha value is -3.60. The molecular formula is C22H19NO4. The van der Waals surface area contributed by atoms with Crippen LogP contribution in [0.5, 0.6) is 5.75 Å². The van der Waals surface area contributed by atoms with E-state index in [0.717, 1.165) is 5.56 Å². The van der Waals surface area contributed by atoms with Crippen molar-refractivity contribution in [1.29, 1.82) is 0 Å². The number of carboxylic acids is 1. The minimum Gasteiger partial charge on any atom is -0.489 e. The SMILES string of the molecule is O=C(NCc1ccccc1)c1ccc(OCc2ccccc2C(=O)O)cc1. The van der Waals surface area contributed by atoms with Gasteiger partial charge in [0.1, 0.15) is 12.4 Å². The van der Waals surface area contributed by atoms with Crippen molar-refractivity contribution in [3.63, 3.8) is 0 Å². The van der Waals surface area contributed by atoms with Gasteiger partial charge in [-0.2, -0.15) is 0 Å². The van der Waals surface area contributed by atoms with Gasteiger partial charge in [-0.25, -0.2) is 4.79 Å². The Bertz CT molecular complexity index is 921. The van der Waals surface area contributed by atoms with E-state index in [9.17, 15) is 14.7 Å². The Morgan fingerprint density at radius 1 is 0.852 bits per heavy atom. The molecule has 27 heavy (non-hydrogen) atoms. The van der Waals surface area contributed by atoms with Gasteiger partial charge in [-0.3, -0.25) is 4.79 Å². The first-order chi connectivity index (χ1) is 13.1. The van der Waals surface area contributed by atoms with Crippen molar-refractivity contribution in [1.82, 2.24) is 5.32 Å². The van der Waals surface area contributed by atoms with Gasteiger partial charge in [-0.1, -0.05) is 48.5 Å². The van der Waals surface area contributed by atoms with Gasteiger partial charge in [0.2, 0.25) is 0 Å². The van der Waals surface area contributed by atoms with Gasteiger partial charge >= 0.3 is 5.97 Å². The van der Waals surface area contributed by atoms with Crippen LogP contribution in [0.3, 0.4) is 0 Å². The molecule has 0 unspecified atom stereocenters. The summed E-state index contributed by atoms with van der Waals surface area (Å²) in [6.07, 6.45) is 0. The maximum atomic E-state index is 12.2. The summed E-state index contributed by atoms with van der Waals surface area (Å²) in [5.41, 5.74) is 2.37. The number of ether oxygens (including phenoxy) is 1. The Labute approximate surface area is 157 Å². The van der Waals surface area contributed by atoms with Gasteiger partial charge in [-0.05, 0) is 35.9 Å². The summed E-state index contributed by atoms with van der Waals surface area (Å²) in [5, 5.41) is 12.1. The quantitative estimate of drug-likeness (QED) is 0.669. The number of hydrogen-bond donors (Lipinski definition) is 2. The van der Waals surface area contributed by atoms with Gasteiger partial charge in [0.25, 0.3) is 5.91 Å². The van der Waals surface area contributed by atoms with E-state index in [1.54, 1.807) is 48.5 Å². The maximum absolute atomic E-state index is 12.2. The molecule has 5 nitrogen and oxygen atoms in total. The molecular weight excluding hydrogens is 342 g/mol. The van der Waals surface area contributed by atoms with Crippen molar-refractivity contribution in [2.75, 3.05) is 0 Å². The van der Waals surface area contributed by atoms with Crippen LogP contribution in [0.2, 0.25) is 0 Å². The second-order valence-corrected chi connectivity index (χ2v) is 5.94. The molecule has 3 aromatic carbocycles. The number of carboxylic acid groups (broad SMARTS) is 1. The number of hydrogen-bond acceptors (Lipinski definition) is 3. The van der Waals surface area contributed by atoms with Gasteiger partial charge < -0.3 is 15.2 Å². The maximum Gasteiger partial charge on any atom is 0.336 e. The van der Waals surface area contributed by atoms with Crippen LogP contribution in [-0.4, -0.2) is 17.0 Å². The zero-order valence-electron chi connectivity index (χ0n) is 14.6. The molecule has 0 radical (unpaired) electrons. The number of benzene rings is 3. The number of nitrogens with one attached hydrogen (secondary N) is 1. The Kier molecular flexibility index (Phi) is 5.84. The van der Waals surface area contributed by atoms with Crippen LogP contribution in [0.15, 0.2) is 78.9 Å². The van der Waals surface area contributed by atoms with Gasteiger partial charge in [-0.15, -0.1) is 0 Å². The highest BCUT2D eigenvalue weighted by atomic mass is 16.5. The van der Waals surface area contributed by atoms with E-state index in [4.69, 9.17) is 4.74 Å². The lowest BCUT2D eigenvalue weighted by Crippen LogP contribution is -2.22. The standard InChI is InChI=1S/C22H19NO4/c24-21(23-14-16-6-2-1-3-7-16)17-10-12-19(13-11-17)27-15-18-8-4-5-9-20(18)22(25)26/h1-13H,14-15H2,(H,23,24)(H,25,26). The lowest BCUT2D eigenvalue weighted by atomic mass is 10.1. The fraction of sp³-hybridized carbons (Fsp3) is 0.0909. The highest BCUT2D eigenvalue weighted by molar-refractivity contribution is 5.94. The fourth-order valence-electron chi connectivity index (χ4n) is 2.60. The first-order valence-electron chi connectivity index (χ1n) is 8.49. The lowest BCUT2D eigenvalue weighted by Gasteiger charge is -2.10. The molecule has 0 saturated carbocycles. The summed E-state index contributed by atoms with van der Waals surface area (Å²) in [5.74, 6) is -0.587. The third-order valence-corrected chi connectivity index (χ3v) is 4.05. The van der Waals surface area contributed by atoms with E-state index in [1.807, 2.05) is 30.3 Å². The molecule has 0 aliphatic rings. The zero-order valence-corrected chi connectivity index (χ0v) is 14.6. The third-order valence-electron chi connectivity index (χ3n) is 4.05. The van der Waals surface area contributed by atoms with Crippen molar-refractivity contribution in [2.45, 2.75) is 13.2 Å². The van der Waals surface area contributed by atoms with Crippen LogP contribution in [0.25, 0.3) is 0 Å². The highest BCUT2D eigenvalue weighted by Gasteiger charge is 2.10. The number of rotatable bonds is 7. The summed E-state index contributed by atoms with van der Waals surface area (Å²) < 4.78 is 5.65. The Balaban J connectivity index is 1.57. The molecule has 0 spiro atoms. The summed E-state index contributed by atoms with van der Waals surface area (Å²) in [6.45, 7) is 0.603. The Morgan fingerprint density at radius 2 is 1.52 bits per heavy atom. The van der Waals surface area contributed by atoms with E-state index in [-0.39, 0.29) is 18.1 Å². The van der Waals surface area contributed by atoms with E-state index in [1.165, 1.54) is 0 Å². The highest BCUT2D eigenvalue weighted by Crippen LogP contribution is 2.16. The molecule has 0 fully saturated rings. The lowest BCUT2D eigenvalue weighted by molar-refractivity contribution is 0.0693. The monoisotopic (exact) mass is 361 g/mol. The van der Waals surface area contributed by atoms with E-state index >= 15 is 0 Å². The van der Waals surface area contributed by atoms with Crippen molar-refractivity contribution in [2.24, 2.45) is 0 Å². The molecule has 3 aromatic rings. The summed E-state index contributed by atoms with van der Waals surface area (Å²) in [7, 11) is 0. The third kappa shape index (κ3) is 4.95. The topological polar surface area (TPSA) is 75.6 Å². The molecule has 0 atom stereocenters. The Morgan fingerprint density at radius 3 is 2.22 bits per heavy atom. The van der Waals surface area contributed by atoms with Crippen LogP contribution in [0.1, 0.15) is 31.8 Å². The molecule has 1 amide bonds. The van der Waals surface area contributed by atoms with E-state index in [2.05, 4.69) is 5.32 Å². The van der Waals surface area contributed by atoms with Crippen LogP contribution in [0.4, 0.5) is 0 Å². The largest absolute Gasteiger partial charge is 0.489 e. The molecule has 0 saturated heterocycles. The summed E-state index contributed by atoms with van der Waals surface area (Å²) in [6, 6.07) is 23.1. The van der Waals surface area contributed by atoms with Crippen LogP contribution in [-0.2, 0) is 13.2 Å². The molecule has 0 aliphatic carbocycles. The van der Waals surface area contributed by atoms with Crippen LogP contribution in [0, 0.1) is 0 Å². The number of amides is 1. The van der Waals surface area contributed by atoms with Crippen LogP contribution < -0.4 is 10.1 Å². The molecule has 5 heteroatoms. The number of aromatic carboxylic acids is 1. The number of carbonyl (C=O) groups excluding carboxylic acids is 1. The second-order valence-electron chi connectivity index (χ2n) is 5.94. The first-order valence-corrected chi connectivity index (χ1v) is 8.49. The van der Waals surface area contributed by atoms with Gasteiger partial charge in [0, 0.05) is 17.7 Å². The predicted molar refractivity (Wildman–Crippen MR) is 102 cm³/mol. The minimum atomic E-state index is -0.986. The normalized spacial score (nSPS) is 10.2. The summed E-state index contributed by atoms with van der Waals surface area (Å²) in [4.78, 5) is 23.4. The van der Waals surface area contributed by atoms with Gasteiger partial charge in [0.15, 0.2) is 0 Å². The smallest absolute Gasteiger partial charge is 0.336 e. The van der Waals surface area contributed by atoms with Gasteiger partial charge in [0.05, 0.1) is 5.56 Å². The molecule has 0 heterocycles. The molecule has 0 bridgehead atoms. The molecule has 136 valence electrons. The molecule has 0 aromatic heterocycles. The van der Waals surface area contributed by atoms with E-state index in [0.29, 0.717) is 23.4 Å². The first kappa shape index (κ1) is 18.2. The summed E-state index contributed by atoms with van der Waals surface area (Å²) >= 11 is 0. The van der Waals surface area contributed by atoms with Crippen molar-refractivity contribution in [3.8, 4) is 5.75 Å². The minimum absolute atomic E-state index is 0.141. The van der Waals surface area contributed by atoms with Crippen molar-refractivity contribution < 1.29 is 19.4 Å². The average molecular weight is 361 g/mol. The van der Waals surface area contributed by atoms with E-state index < -0.39 is 5.97 Å². The molecule has 2 N–H and O–H groups in total. The van der Waals surface area contributed by atoms with Crippen molar-refractivity contribution in [3.05, 3.63) is 101 Å². The zero-order chi connectivity index (χ0) is 19.1. The average Bonchev–Trinajstić information content (AvgIpc) is 2.71.